The summed E-state index contributed by atoms with van der Waals surface area (Å²) >= 11 is 0. The number of halogens is 3. The molecule has 0 radical (unpaired) electrons. The Morgan fingerprint density at radius 2 is 1.77 bits per heavy atom. The summed E-state index contributed by atoms with van der Waals surface area (Å²) in [7, 11) is 0. The van der Waals surface area contributed by atoms with Crippen molar-refractivity contribution < 1.29 is 18.1 Å². The lowest BCUT2D eigenvalue weighted by Crippen LogP contribution is -2.27. The fourth-order valence-electron chi connectivity index (χ4n) is 1.96. The molecule has 1 unspecified atom stereocenters. The lowest BCUT2D eigenvalue weighted by molar-refractivity contribution is -0.383. The van der Waals surface area contributed by atoms with Crippen LogP contribution in [-0.2, 0) is 0 Å². The molecule has 0 bridgehead atoms. The molecule has 1 atom stereocenters. The standard InChI is InChI=1S/C14H12F3N3O2/c15-14(16,17)13(9-4-2-1-3-5-9)19-10-6-7-11(18)12(8-10)20(21)22/h1-8,13,19H,18H2. The van der Waals surface area contributed by atoms with Crippen LogP contribution in [0.4, 0.5) is 30.2 Å². The maximum Gasteiger partial charge on any atom is 0.412 e. The Kier molecular flexibility index (Phi) is 4.20. The van der Waals surface area contributed by atoms with Gasteiger partial charge >= 0.3 is 6.18 Å². The Morgan fingerprint density at radius 3 is 2.32 bits per heavy atom. The predicted molar refractivity (Wildman–Crippen MR) is 76.4 cm³/mol. The van der Waals surface area contributed by atoms with Crippen LogP contribution in [0.3, 0.4) is 0 Å². The molecule has 0 aliphatic rings. The summed E-state index contributed by atoms with van der Waals surface area (Å²) in [6, 6.07) is 8.71. The van der Waals surface area contributed by atoms with E-state index >= 15 is 0 Å². The minimum atomic E-state index is -4.56. The Bertz CT molecular complexity index is 675. The highest BCUT2D eigenvalue weighted by Crippen LogP contribution is 2.36. The molecule has 8 heteroatoms. The Balaban J connectivity index is 2.37. The van der Waals surface area contributed by atoms with Crippen molar-refractivity contribution in [2.45, 2.75) is 12.2 Å². The molecule has 116 valence electrons. The van der Waals surface area contributed by atoms with Gasteiger partial charge in [0.05, 0.1) is 4.92 Å². The van der Waals surface area contributed by atoms with E-state index in [1.807, 2.05) is 0 Å². The molecule has 0 saturated heterocycles. The number of nitrogens with two attached hydrogens (primary N) is 1. The van der Waals surface area contributed by atoms with Crippen LogP contribution in [0.15, 0.2) is 48.5 Å². The second kappa shape index (κ2) is 5.92. The van der Waals surface area contributed by atoms with Gasteiger partial charge in [-0.2, -0.15) is 13.2 Å². The quantitative estimate of drug-likeness (QED) is 0.510. The highest BCUT2D eigenvalue weighted by molar-refractivity contribution is 5.65. The van der Waals surface area contributed by atoms with Gasteiger partial charge in [0.15, 0.2) is 0 Å². The van der Waals surface area contributed by atoms with Crippen molar-refractivity contribution in [3.63, 3.8) is 0 Å². The van der Waals surface area contributed by atoms with Gasteiger partial charge in [-0.3, -0.25) is 10.1 Å². The molecule has 0 spiro atoms. The van der Waals surface area contributed by atoms with Crippen molar-refractivity contribution in [3.05, 3.63) is 64.2 Å². The van der Waals surface area contributed by atoms with E-state index in [9.17, 15) is 23.3 Å². The molecule has 2 aromatic carbocycles. The summed E-state index contributed by atoms with van der Waals surface area (Å²) in [6.45, 7) is 0. The molecule has 3 N–H and O–H groups in total. The molecule has 0 fully saturated rings. The van der Waals surface area contributed by atoms with Crippen LogP contribution in [0.5, 0.6) is 0 Å². The zero-order chi connectivity index (χ0) is 16.3. The van der Waals surface area contributed by atoms with Crippen molar-refractivity contribution >= 4 is 17.1 Å². The second-order valence-electron chi connectivity index (χ2n) is 4.56. The topological polar surface area (TPSA) is 81.2 Å². The van der Waals surface area contributed by atoms with Gasteiger partial charge in [-0.05, 0) is 17.7 Å². The molecular weight excluding hydrogens is 299 g/mol. The van der Waals surface area contributed by atoms with Crippen molar-refractivity contribution in [2.24, 2.45) is 0 Å². The summed E-state index contributed by atoms with van der Waals surface area (Å²) < 4.78 is 39.6. The number of nitrogens with zero attached hydrogens (tertiary/aromatic N) is 1. The third kappa shape index (κ3) is 3.46. The summed E-state index contributed by atoms with van der Waals surface area (Å²) in [5.74, 6) is 0. The number of benzene rings is 2. The van der Waals surface area contributed by atoms with Crippen LogP contribution in [0.2, 0.25) is 0 Å². The van der Waals surface area contributed by atoms with E-state index in [4.69, 9.17) is 5.73 Å². The fraction of sp³-hybridized carbons (Fsp3) is 0.143. The van der Waals surface area contributed by atoms with Gasteiger partial charge < -0.3 is 11.1 Å². The molecule has 0 amide bonds. The smallest absolute Gasteiger partial charge is 0.393 e. The summed E-state index contributed by atoms with van der Waals surface area (Å²) in [4.78, 5) is 10.1. The minimum Gasteiger partial charge on any atom is -0.393 e. The van der Waals surface area contributed by atoms with Crippen molar-refractivity contribution in [2.75, 3.05) is 11.1 Å². The summed E-state index contributed by atoms with van der Waals surface area (Å²) in [6.07, 6.45) is -4.56. The molecule has 0 heterocycles. The van der Waals surface area contributed by atoms with Gasteiger partial charge in [-0.25, -0.2) is 0 Å². The number of rotatable bonds is 4. The second-order valence-corrected chi connectivity index (χ2v) is 4.56. The maximum absolute atomic E-state index is 13.2. The Morgan fingerprint density at radius 1 is 1.14 bits per heavy atom. The number of nitro benzene ring substituents is 1. The van der Waals surface area contributed by atoms with Crippen LogP contribution in [0.25, 0.3) is 0 Å². The SMILES string of the molecule is Nc1ccc(NC(c2ccccc2)C(F)(F)F)cc1[N+](=O)[O-]. The van der Waals surface area contributed by atoms with E-state index in [1.54, 1.807) is 6.07 Å². The van der Waals surface area contributed by atoms with Crippen molar-refractivity contribution in [1.29, 1.82) is 0 Å². The number of anilines is 2. The lowest BCUT2D eigenvalue weighted by Gasteiger charge is -2.23. The first-order valence-electron chi connectivity index (χ1n) is 6.21. The maximum atomic E-state index is 13.2. The number of nitro groups is 1. The normalized spacial score (nSPS) is 12.7. The average Bonchev–Trinajstić information content (AvgIpc) is 2.45. The first kappa shape index (κ1) is 15.6. The van der Waals surface area contributed by atoms with E-state index in [0.717, 1.165) is 6.07 Å². The predicted octanol–water partition coefficient (Wildman–Crippen LogP) is 3.89. The van der Waals surface area contributed by atoms with Gasteiger partial charge in [0.25, 0.3) is 5.69 Å². The Labute approximate surface area is 123 Å². The van der Waals surface area contributed by atoms with Gasteiger partial charge in [0.1, 0.15) is 11.7 Å². The molecule has 0 aliphatic heterocycles. The Hall–Kier alpha value is -2.77. The van der Waals surface area contributed by atoms with E-state index in [0.29, 0.717) is 0 Å². The van der Waals surface area contributed by atoms with E-state index in [-0.39, 0.29) is 16.9 Å². The van der Waals surface area contributed by atoms with Crippen LogP contribution in [0.1, 0.15) is 11.6 Å². The van der Waals surface area contributed by atoms with Crippen LogP contribution >= 0.6 is 0 Å². The zero-order valence-electron chi connectivity index (χ0n) is 11.2. The van der Waals surface area contributed by atoms with Crippen LogP contribution in [-0.4, -0.2) is 11.1 Å². The van der Waals surface area contributed by atoms with Crippen LogP contribution < -0.4 is 11.1 Å². The molecule has 2 aromatic rings. The first-order valence-corrected chi connectivity index (χ1v) is 6.21. The minimum absolute atomic E-state index is 0.00878. The number of alkyl halides is 3. The molecule has 0 aliphatic carbocycles. The molecule has 2 rings (SSSR count). The van der Waals surface area contributed by atoms with E-state index in [1.165, 1.54) is 36.4 Å². The molecule has 0 aromatic heterocycles. The highest BCUT2D eigenvalue weighted by atomic mass is 19.4. The van der Waals surface area contributed by atoms with Gasteiger partial charge in [0.2, 0.25) is 0 Å². The van der Waals surface area contributed by atoms with Crippen molar-refractivity contribution in [3.8, 4) is 0 Å². The molecule has 5 nitrogen and oxygen atoms in total. The zero-order valence-corrected chi connectivity index (χ0v) is 11.2. The summed E-state index contributed by atoms with van der Waals surface area (Å²) in [5, 5.41) is 13.1. The number of nitrogens with one attached hydrogen (secondary N) is 1. The number of hydrogen-bond donors (Lipinski definition) is 2. The average molecular weight is 311 g/mol. The van der Waals surface area contributed by atoms with E-state index in [2.05, 4.69) is 5.32 Å². The van der Waals surface area contributed by atoms with Crippen LogP contribution in [0, 0.1) is 10.1 Å². The molecule has 0 saturated carbocycles. The fourth-order valence-corrected chi connectivity index (χ4v) is 1.96. The number of nitrogen functional groups attached to an aromatic ring is 1. The third-order valence-electron chi connectivity index (χ3n) is 3.00. The first-order chi connectivity index (χ1) is 10.3. The lowest BCUT2D eigenvalue weighted by atomic mass is 10.1. The molecular formula is C14H12F3N3O2. The van der Waals surface area contributed by atoms with Gasteiger partial charge in [-0.15, -0.1) is 0 Å². The monoisotopic (exact) mass is 311 g/mol. The largest absolute Gasteiger partial charge is 0.412 e. The molecule has 22 heavy (non-hydrogen) atoms. The third-order valence-corrected chi connectivity index (χ3v) is 3.00. The van der Waals surface area contributed by atoms with E-state index < -0.39 is 22.8 Å². The van der Waals surface area contributed by atoms with Crippen molar-refractivity contribution in [1.82, 2.24) is 0 Å². The van der Waals surface area contributed by atoms with Gasteiger partial charge in [-0.1, -0.05) is 30.3 Å². The number of hydrogen-bond acceptors (Lipinski definition) is 4. The van der Waals surface area contributed by atoms with Gasteiger partial charge in [0, 0.05) is 11.8 Å². The summed E-state index contributed by atoms with van der Waals surface area (Å²) in [5.41, 5.74) is 4.84. The highest BCUT2D eigenvalue weighted by Gasteiger charge is 2.40.